The summed E-state index contributed by atoms with van der Waals surface area (Å²) >= 11 is 0. The van der Waals surface area contributed by atoms with Gasteiger partial charge in [0.15, 0.2) is 0 Å². The zero-order valence-electron chi connectivity index (χ0n) is 10.1. The molecule has 1 aliphatic rings. The molecule has 0 aromatic heterocycles. The maximum Gasteiger partial charge on any atom is 0.235 e. The summed E-state index contributed by atoms with van der Waals surface area (Å²) in [6, 6.07) is 8.29. The SMILES string of the molecule is CC(C)(C)c1ccccc1C1(N=C=O)CC1. The van der Waals surface area contributed by atoms with Gasteiger partial charge >= 0.3 is 0 Å². The molecule has 0 N–H and O–H groups in total. The van der Waals surface area contributed by atoms with E-state index in [0.29, 0.717) is 0 Å². The molecule has 0 spiro atoms. The minimum Gasteiger partial charge on any atom is -0.211 e. The van der Waals surface area contributed by atoms with Crippen LogP contribution in [-0.2, 0) is 15.7 Å². The third-order valence-corrected chi connectivity index (χ3v) is 3.22. The van der Waals surface area contributed by atoms with Crippen LogP contribution in [0.2, 0.25) is 0 Å². The molecule has 1 aromatic rings. The molecule has 2 nitrogen and oxygen atoms in total. The summed E-state index contributed by atoms with van der Waals surface area (Å²) < 4.78 is 0. The van der Waals surface area contributed by atoms with E-state index in [4.69, 9.17) is 0 Å². The molecule has 0 unspecified atom stereocenters. The summed E-state index contributed by atoms with van der Waals surface area (Å²) in [5.74, 6) is 0. The van der Waals surface area contributed by atoms with Gasteiger partial charge in [-0.05, 0) is 29.4 Å². The normalized spacial score (nSPS) is 17.7. The highest BCUT2D eigenvalue weighted by molar-refractivity contribution is 5.46. The topological polar surface area (TPSA) is 29.4 Å². The molecule has 0 saturated heterocycles. The van der Waals surface area contributed by atoms with E-state index in [1.165, 1.54) is 11.1 Å². The Morgan fingerprint density at radius 3 is 2.38 bits per heavy atom. The highest BCUT2D eigenvalue weighted by Gasteiger charge is 2.46. The van der Waals surface area contributed by atoms with E-state index in [1.54, 1.807) is 6.08 Å². The fourth-order valence-corrected chi connectivity index (χ4v) is 2.19. The predicted molar refractivity (Wildman–Crippen MR) is 64.2 cm³/mol. The summed E-state index contributed by atoms with van der Waals surface area (Å²) in [4.78, 5) is 14.5. The molecule has 2 rings (SSSR count). The van der Waals surface area contributed by atoms with Crippen molar-refractivity contribution in [2.75, 3.05) is 0 Å². The van der Waals surface area contributed by atoms with Crippen molar-refractivity contribution in [3.05, 3.63) is 35.4 Å². The quantitative estimate of drug-likeness (QED) is 0.549. The molecule has 0 radical (unpaired) electrons. The standard InChI is InChI=1S/C14H17NO/c1-13(2,3)11-6-4-5-7-12(11)14(8-9-14)15-10-16/h4-7H,8-9H2,1-3H3. The molecule has 0 amide bonds. The van der Waals surface area contributed by atoms with Gasteiger partial charge in [-0.15, -0.1) is 0 Å². The Balaban J connectivity index is 2.54. The van der Waals surface area contributed by atoms with Crippen molar-refractivity contribution < 1.29 is 4.79 Å². The Morgan fingerprint density at radius 2 is 1.88 bits per heavy atom. The Labute approximate surface area is 96.4 Å². The van der Waals surface area contributed by atoms with E-state index in [2.05, 4.69) is 37.9 Å². The number of aliphatic imine (C=N–C) groups is 1. The number of benzene rings is 1. The Morgan fingerprint density at radius 1 is 1.25 bits per heavy atom. The van der Waals surface area contributed by atoms with Gasteiger partial charge in [-0.2, -0.15) is 4.99 Å². The van der Waals surface area contributed by atoms with Gasteiger partial charge in [0.1, 0.15) is 0 Å². The first-order chi connectivity index (χ1) is 7.49. The van der Waals surface area contributed by atoms with Crippen molar-refractivity contribution in [1.29, 1.82) is 0 Å². The Hall–Kier alpha value is -1.40. The van der Waals surface area contributed by atoms with E-state index in [9.17, 15) is 4.79 Å². The molecule has 2 heteroatoms. The van der Waals surface area contributed by atoms with E-state index < -0.39 is 0 Å². The summed E-state index contributed by atoms with van der Waals surface area (Å²) in [7, 11) is 0. The molecule has 1 aliphatic carbocycles. The molecule has 0 atom stereocenters. The highest BCUT2D eigenvalue weighted by atomic mass is 16.1. The molecule has 0 aliphatic heterocycles. The number of carbonyl (C=O) groups excluding carboxylic acids is 1. The molecule has 1 aromatic carbocycles. The van der Waals surface area contributed by atoms with E-state index in [1.807, 2.05) is 12.1 Å². The van der Waals surface area contributed by atoms with E-state index >= 15 is 0 Å². The highest BCUT2D eigenvalue weighted by Crippen LogP contribution is 2.51. The van der Waals surface area contributed by atoms with Gasteiger partial charge in [-0.3, -0.25) is 0 Å². The number of nitrogens with zero attached hydrogens (tertiary/aromatic N) is 1. The zero-order valence-corrected chi connectivity index (χ0v) is 10.1. The first-order valence-electron chi connectivity index (χ1n) is 5.69. The van der Waals surface area contributed by atoms with E-state index in [-0.39, 0.29) is 11.0 Å². The second kappa shape index (κ2) is 3.57. The fraction of sp³-hybridized carbons (Fsp3) is 0.500. The molecule has 0 heterocycles. The number of isocyanates is 1. The van der Waals surface area contributed by atoms with Crippen LogP contribution >= 0.6 is 0 Å². The summed E-state index contributed by atoms with van der Waals surface area (Å²) in [6.45, 7) is 6.56. The maximum absolute atomic E-state index is 10.5. The Bertz CT molecular complexity index is 446. The molecule has 1 saturated carbocycles. The molecule has 16 heavy (non-hydrogen) atoms. The van der Waals surface area contributed by atoms with Crippen LogP contribution in [0.4, 0.5) is 0 Å². The average molecular weight is 215 g/mol. The summed E-state index contributed by atoms with van der Waals surface area (Å²) in [5, 5.41) is 0. The van der Waals surface area contributed by atoms with Crippen LogP contribution < -0.4 is 0 Å². The summed E-state index contributed by atoms with van der Waals surface area (Å²) in [5.41, 5.74) is 2.31. The molecule has 1 fully saturated rings. The number of hydrogen-bond acceptors (Lipinski definition) is 2. The second-order valence-electron chi connectivity index (χ2n) is 5.53. The van der Waals surface area contributed by atoms with Gasteiger partial charge in [-0.25, -0.2) is 4.79 Å². The number of rotatable bonds is 2. The van der Waals surface area contributed by atoms with Crippen molar-refractivity contribution in [3.63, 3.8) is 0 Å². The molecular weight excluding hydrogens is 198 g/mol. The lowest BCUT2D eigenvalue weighted by atomic mass is 9.81. The lowest BCUT2D eigenvalue weighted by Gasteiger charge is -2.25. The van der Waals surface area contributed by atoms with Crippen LogP contribution in [0.25, 0.3) is 0 Å². The first-order valence-corrected chi connectivity index (χ1v) is 5.69. The minimum atomic E-state index is -0.258. The maximum atomic E-state index is 10.5. The van der Waals surface area contributed by atoms with Gasteiger partial charge in [0.25, 0.3) is 0 Å². The van der Waals surface area contributed by atoms with Crippen LogP contribution in [-0.4, -0.2) is 6.08 Å². The average Bonchev–Trinajstić information content (AvgIpc) is 2.98. The van der Waals surface area contributed by atoms with Gasteiger partial charge in [-0.1, -0.05) is 45.0 Å². The molecular formula is C14H17NO. The monoisotopic (exact) mass is 215 g/mol. The van der Waals surface area contributed by atoms with Crippen LogP contribution in [0.1, 0.15) is 44.7 Å². The lowest BCUT2D eigenvalue weighted by molar-refractivity contribution is 0.547. The van der Waals surface area contributed by atoms with Crippen molar-refractivity contribution in [2.24, 2.45) is 4.99 Å². The third kappa shape index (κ3) is 1.81. The second-order valence-corrected chi connectivity index (χ2v) is 5.53. The Kier molecular flexibility index (Phi) is 2.47. The third-order valence-electron chi connectivity index (χ3n) is 3.22. The largest absolute Gasteiger partial charge is 0.235 e. The van der Waals surface area contributed by atoms with Crippen LogP contribution in [0, 0.1) is 0 Å². The smallest absolute Gasteiger partial charge is 0.211 e. The fourth-order valence-electron chi connectivity index (χ4n) is 2.19. The number of hydrogen-bond donors (Lipinski definition) is 0. The molecule has 0 bridgehead atoms. The van der Waals surface area contributed by atoms with Crippen molar-refractivity contribution in [2.45, 2.75) is 44.6 Å². The van der Waals surface area contributed by atoms with Crippen LogP contribution in [0.15, 0.2) is 29.3 Å². The van der Waals surface area contributed by atoms with Crippen molar-refractivity contribution >= 4 is 6.08 Å². The minimum absolute atomic E-state index is 0.0879. The van der Waals surface area contributed by atoms with Crippen LogP contribution in [0.3, 0.4) is 0 Å². The summed E-state index contributed by atoms with van der Waals surface area (Å²) in [6.07, 6.45) is 3.66. The van der Waals surface area contributed by atoms with E-state index in [0.717, 1.165) is 12.8 Å². The van der Waals surface area contributed by atoms with Gasteiger partial charge in [0.2, 0.25) is 6.08 Å². The predicted octanol–water partition coefficient (Wildman–Crippen LogP) is 3.31. The lowest BCUT2D eigenvalue weighted by Crippen LogP contribution is -2.18. The van der Waals surface area contributed by atoms with Crippen molar-refractivity contribution in [3.8, 4) is 0 Å². The first kappa shape index (κ1) is 11.1. The van der Waals surface area contributed by atoms with Gasteiger partial charge < -0.3 is 0 Å². The van der Waals surface area contributed by atoms with Gasteiger partial charge in [0.05, 0.1) is 5.54 Å². The molecule has 84 valence electrons. The van der Waals surface area contributed by atoms with Gasteiger partial charge in [0, 0.05) is 0 Å². The zero-order chi connectivity index (χ0) is 11.8. The van der Waals surface area contributed by atoms with Crippen LogP contribution in [0.5, 0.6) is 0 Å². The van der Waals surface area contributed by atoms with Crippen molar-refractivity contribution in [1.82, 2.24) is 0 Å².